The Bertz CT molecular complexity index is 547. The van der Waals surface area contributed by atoms with Crippen molar-refractivity contribution in [1.82, 2.24) is 0 Å². The maximum absolute atomic E-state index is 6.02. The third-order valence-corrected chi connectivity index (χ3v) is 2.86. The van der Waals surface area contributed by atoms with Crippen molar-refractivity contribution in [2.24, 2.45) is 0 Å². The van der Waals surface area contributed by atoms with E-state index in [1.807, 2.05) is 45.3 Å². The Morgan fingerprint density at radius 3 is 2.39 bits per heavy atom. The number of nitrogen functional groups attached to an aromatic ring is 1. The van der Waals surface area contributed by atoms with Crippen molar-refractivity contribution >= 4 is 22.7 Å². The molecule has 0 saturated heterocycles. The van der Waals surface area contributed by atoms with Gasteiger partial charge in [-0.15, -0.1) is 0 Å². The van der Waals surface area contributed by atoms with Gasteiger partial charge in [0.05, 0.1) is 22.7 Å². The minimum Gasteiger partial charge on any atom is -0.397 e. The summed E-state index contributed by atoms with van der Waals surface area (Å²) in [6.07, 6.45) is 0. The van der Waals surface area contributed by atoms with Crippen LogP contribution in [0.15, 0.2) is 42.5 Å². The summed E-state index contributed by atoms with van der Waals surface area (Å²) in [5, 5.41) is 3.38. The maximum atomic E-state index is 6.02. The van der Waals surface area contributed by atoms with Gasteiger partial charge in [-0.05, 0) is 36.8 Å². The zero-order valence-electron chi connectivity index (χ0n) is 11.1. The second-order valence-electron chi connectivity index (χ2n) is 4.63. The molecule has 2 aromatic carbocycles. The molecule has 2 rings (SSSR count). The zero-order valence-corrected chi connectivity index (χ0v) is 11.1. The third kappa shape index (κ3) is 2.56. The summed E-state index contributed by atoms with van der Waals surface area (Å²) >= 11 is 0. The van der Waals surface area contributed by atoms with Gasteiger partial charge < -0.3 is 16.0 Å². The lowest BCUT2D eigenvalue weighted by atomic mass is 10.2. The largest absolute Gasteiger partial charge is 0.397 e. The molecule has 0 aromatic heterocycles. The highest BCUT2D eigenvalue weighted by atomic mass is 15.1. The van der Waals surface area contributed by atoms with Crippen molar-refractivity contribution in [3.8, 4) is 0 Å². The van der Waals surface area contributed by atoms with E-state index in [-0.39, 0.29) is 0 Å². The van der Waals surface area contributed by atoms with E-state index in [1.165, 1.54) is 5.56 Å². The van der Waals surface area contributed by atoms with E-state index < -0.39 is 0 Å². The first-order chi connectivity index (χ1) is 8.58. The average Bonchev–Trinajstić information content (AvgIpc) is 2.33. The fourth-order valence-corrected chi connectivity index (χ4v) is 1.91. The number of hydrogen-bond acceptors (Lipinski definition) is 3. The molecule has 0 aliphatic carbocycles. The van der Waals surface area contributed by atoms with E-state index in [0.717, 1.165) is 22.7 Å². The summed E-state index contributed by atoms with van der Waals surface area (Å²) in [7, 11) is 4.05. The van der Waals surface area contributed by atoms with E-state index in [4.69, 9.17) is 5.73 Å². The molecule has 2 aromatic rings. The lowest BCUT2D eigenvalue weighted by molar-refractivity contribution is 1.13. The van der Waals surface area contributed by atoms with Crippen LogP contribution in [0.2, 0.25) is 0 Å². The van der Waals surface area contributed by atoms with Crippen LogP contribution in [0.3, 0.4) is 0 Å². The summed E-state index contributed by atoms with van der Waals surface area (Å²) in [5.41, 5.74) is 11.1. The number of hydrogen-bond donors (Lipinski definition) is 2. The summed E-state index contributed by atoms with van der Waals surface area (Å²) in [6.45, 7) is 2.04. The van der Waals surface area contributed by atoms with Crippen LogP contribution in [-0.2, 0) is 0 Å². The normalized spacial score (nSPS) is 10.2. The smallest absolute Gasteiger partial charge is 0.0622 e. The van der Waals surface area contributed by atoms with Crippen LogP contribution in [-0.4, -0.2) is 14.1 Å². The van der Waals surface area contributed by atoms with Gasteiger partial charge in [0.1, 0.15) is 0 Å². The van der Waals surface area contributed by atoms with Gasteiger partial charge in [0.15, 0.2) is 0 Å². The van der Waals surface area contributed by atoms with E-state index in [1.54, 1.807) is 0 Å². The molecule has 0 atom stereocenters. The Kier molecular flexibility index (Phi) is 3.42. The van der Waals surface area contributed by atoms with E-state index >= 15 is 0 Å². The van der Waals surface area contributed by atoms with E-state index in [9.17, 15) is 0 Å². The minimum atomic E-state index is 0.767. The Balaban J connectivity index is 2.34. The SMILES string of the molecule is Cc1ccc(Nc2ccccc2N(C)C)c(N)c1. The molecular formula is C15H19N3. The summed E-state index contributed by atoms with van der Waals surface area (Å²) in [4.78, 5) is 2.08. The molecule has 0 amide bonds. The van der Waals surface area contributed by atoms with Gasteiger partial charge in [-0.2, -0.15) is 0 Å². The van der Waals surface area contributed by atoms with Gasteiger partial charge in [-0.1, -0.05) is 18.2 Å². The number of rotatable bonds is 3. The van der Waals surface area contributed by atoms with Crippen molar-refractivity contribution in [2.75, 3.05) is 30.0 Å². The minimum absolute atomic E-state index is 0.767. The molecule has 0 heterocycles. The van der Waals surface area contributed by atoms with Gasteiger partial charge in [0.25, 0.3) is 0 Å². The second kappa shape index (κ2) is 5.00. The first-order valence-electron chi connectivity index (χ1n) is 5.97. The molecular weight excluding hydrogens is 222 g/mol. The fraction of sp³-hybridized carbons (Fsp3) is 0.200. The Labute approximate surface area is 108 Å². The van der Waals surface area contributed by atoms with Crippen LogP contribution in [0.25, 0.3) is 0 Å². The molecule has 0 spiro atoms. The monoisotopic (exact) mass is 241 g/mol. The van der Waals surface area contributed by atoms with Gasteiger partial charge >= 0.3 is 0 Å². The number of aryl methyl sites for hydroxylation is 1. The number of anilines is 4. The molecule has 18 heavy (non-hydrogen) atoms. The third-order valence-electron chi connectivity index (χ3n) is 2.86. The van der Waals surface area contributed by atoms with E-state index in [2.05, 4.69) is 28.4 Å². The van der Waals surface area contributed by atoms with Crippen molar-refractivity contribution in [2.45, 2.75) is 6.92 Å². The van der Waals surface area contributed by atoms with E-state index in [0.29, 0.717) is 0 Å². The standard InChI is InChI=1S/C15H19N3/c1-11-8-9-13(12(16)10-11)17-14-6-4-5-7-15(14)18(2)3/h4-10,17H,16H2,1-3H3. The average molecular weight is 241 g/mol. The number of para-hydroxylation sites is 2. The summed E-state index contributed by atoms with van der Waals surface area (Å²) in [6, 6.07) is 14.2. The topological polar surface area (TPSA) is 41.3 Å². The molecule has 3 heteroatoms. The van der Waals surface area contributed by atoms with Crippen LogP contribution in [0.5, 0.6) is 0 Å². The number of nitrogens with zero attached hydrogens (tertiary/aromatic N) is 1. The lowest BCUT2D eigenvalue weighted by Gasteiger charge is -2.19. The first kappa shape index (κ1) is 12.3. The molecule has 0 bridgehead atoms. The van der Waals surface area contributed by atoms with Gasteiger partial charge in [-0.25, -0.2) is 0 Å². The van der Waals surface area contributed by atoms with Crippen molar-refractivity contribution < 1.29 is 0 Å². The Morgan fingerprint density at radius 2 is 1.72 bits per heavy atom. The van der Waals surface area contributed by atoms with Crippen LogP contribution < -0.4 is 16.0 Å². The Morgan fingerprint density at radius 1 is 1.00 bits per heavy atom. The first-order valence-corrected chi connectivity index (χ1v) is 5.97. The highest BCUT2D eigenvalue weighted by molar-refractivity contribution is 5.80. The predicted molar refractivity (Wildman–Crippen MR) is 79.6 cm³/mol. The molecule has 0 saturated carbocycles. The molecule has 3 N–H and O–H groups in total. The molecule has 0 fully saturated rings. The summed E-state index contributed by atoms with van der Waals surface area (Å²) in [5.74, 6) is 0. The van der Waals surface area contributed by atoms with Crippen molar-refractivity contribution in [1.29, 1.82) is 0 Å². The Hall–Kier alpha value is -2.16. The number of nitrogens with one attached hydrogen (secondary N) is 1. The lowest BCUT2D eigenvalue weighted by Crippen LogP contribution is -2.11. The van der Waals surface area contributed by atoms with Crippen molar-refractivity contribution in [3.63, 3.8) is 0 Å². The second-order valence-corrected chi connectivity index (χ2v) is 4.63. The van der Waals surface area contributed by atoms with Gasteiger partial charge in [0, 0.05) is 14.1 Å². The van der Waals surface area contributed by atoms with Crippen LogP contribution in [0.1, 0.15) is 5.56 Å². The predicted octanol–water partition coefficient (Wildman–Crippen LogP) is 3.39. The van der Waals surface area contributed by atoms with Crippen molar-refractivity contribution in [3.05, 3.63) is 48.0 Å². The number of benzene rings is 2. The maximum Gasteiger partial charge on any atom is 0.0622 e. The van der Waals surface area contributed by atoms with Crippen LogP contribution >= 0.6 is 0 Å². The quantitative estimate of drug-likeness (QED) is 0.809. The molecule has 3 nitrogen and oxygen atoms in total. The van der Waals surface area contributed by atoms with Gasteiger partial charge in [0.2, 0.25) is 0 Å². The molecule has 0 unspecified atom stereocenters. The molecule has 94 valence electrons. The van der Waals surface area contributed by atoms with Gasteiger partial charge in [-0.3, -0.25) is 0 Å². The van der Waals surface area contributed by atoms with Crippen LogP contribution in [0, 0.1) is 6.92 Å². The van der Waals surface area contributed by atoms with Crippen LogP contribution in [0.4, 0.5) is 22.7 Å². The summed E-state index contributed by atoms with van der Waals surface area (Å²) < 4.78 is 0. The molecule has 0 aliphatic heterocycles. The fourth-order valence-electron chi connectivity index (χ4n) is 1.91. The zero-order chi connectivity index (χ0) is 13.1. The highest BCUT2D eigenvalue weighted by Crippen LogP contribution is 2.30. The molecule has 0 radical (unpaired) electrons. The highest BCUT2D eigenvalue weighted by Gasteiger charge is 2.05. The molecule has 0 aliphatic rings. The number of nitrogens with two attached hydrogens (primary N) is 1.